The Labute approximate surface area is 172 Å². The van der Waals surface area contributed by atoms with Crippen LogP contribution in [0.4, 0.5) is 11.4 Å². The first kappa shape index (κ1) is 22.5. The first-order valence-corrected chi connectivity index (χ1v) is 11.3. The van der Waals surface area contributed by atoms with Crippen LogP contribution in [0.3, 0.4) is 0 Å². The van der Waals surface area contributed by atoms with Gasteiger partial charge >= 0.3 is 0 Å². The minimum absolute atomic E-state index is 0.00551. The Morgan fingerprint density at radius 3 is 2.38 bits per heavy atom. The number of benzene rings is 2. The Balaban J connectivity index is 2.11. The van der Waals surface area contributed by atoms with Gasteiger partial charge in [0, 0.05) is 11.8 Å². The monoisotopic (exact) mass is 420 g/mol. The molecule has 2 rings (SSSR count). The van der Waals surface area contributed by atoms with Gasteiger partial charge < -0.3 is 14.8 Å². The predicted molar refractivity (Wildman–Crippen MR) is 115 cm³/mol. The highest BCUT2D eigenvalue weighted by Crippen LogP contribution is 2.23. The van der Waals surface area contributed by atoms with Crippen LogP contribution in [0.25, 0.3) is 0 Å². The van der Waals surface area contributed by atoms with E-state index in [0.717, 1.165) is 17.0 Å². The first-order valence-electron chi connectivity index (χ1n) is 9.46. The molecule has 2 aromatic rings. The summed E-state index contributed by atoms with van der Waals surface area (Å²) in [6.45, 7) is 6.06. The number of sulfonamides is 1. The van der Waals surface area contributed by atoms with Gasteiger partial charge in [-0.2, -0.15) is 0 Å². The van der Waals surface area contributed by atoms with E-state index >= 15 is 0 Å². The SMILES string of the molecule is CCCOc1ccc(N(CC(=O)Nc2cccc(OC(C)C)c2)S(C)(=O)=O)cc1. The number of rotatable bonds is 10. The van der Waals surface area contributed by atoms with Crippen LogP contribution >= 0.6 is 0 Å². The third-order valence-corrected chi connectivity index (χ3v) is 4.92. The van der Waals surface area contributed by atoms with E-state index in [4.69, 9.17) is 9.47 Å². The minimum Gasteiger partial charge on any atom is -0.494 e. The molecule has 0 radical (unpaired) electrons. The third kappa shape index (κ3) is 7.30. The van der Waals surface area contributed by atoms with Crippen LogP contribution in [0.2, 0.25) is 0 Å². The molecule has 0 saturated carbocycles. The summed E-state index contributed by atoms with van der Waals surface area (Å²) in [6, 6.07) is 13.6. The molecule has 0 heterocycles. The largest absolute Gasteiger partial charge is 0.494 e. The average Bonchev–Trinajstić information content (AvgIpc) is 2.64. The summed E-state index contributed by atoms with van der Waals surface area (Å²) in [6.07, 6.45) is 1.95. The number of carbonyl (C=O) groups excluding carboxylic acids is 1. The fraction of sp³-hybridized carbons (Fsp3) is 0.381. The summed E-state index contributed by atoms with van der Waals surface area (Å²) in [4.78, 5) is 12.5. The van der Waals surface area contributed by atoms with E-state index in [1.807, 2.05) is 20.8 Å². The van der Waals surface area contributed by atoms with Crippen LogP contribution in [0, 0.1) is 0 Å². The van der Waals surface area contributed by atoms with Gasteiger partial charge in [0.25, 0.3) is 0 Å². The smallest absolute Gasteiger partial charge is 0.245 e. The fourth-order valence-corrected chi connectivity index (χ4v) is 3.44. The summed E-state index contributed by atoms with van der Waals surface area (Å²) in [5.74, 6) is 0.819. The van der Waals surface area contributed by atoms with Crippen LogP contribution in [0.15, 0.2) is 48.5 Å². The molecule has 1 amide bonds. The van der Waals surface area contributed by atoms with Crippen LogP contribution in [-0.4, -0.2) is 39.8 Å². The van der Waals surface area contributed by atoms with Crippen molar-refractivity contribution < 1.29 is 22.7 Å². The van der Waals surface area contributed by atoms with Gasteiger partial charge in [-0.05, 0) is 56.7 Å². The molecule has 7 nitrogen and oxygen atoms in total. The maximum absolute atomic E-state index is 12.5. The van der Waals surface area contributed by atoms with E-state index in [9.17, 15) is 13.2 Å². The molecule has 0 spiro atoms. The molecule has 0 aromatic heterocycles. The van der Waals surface area contributed by atoms with Crippen molar-refractivity contribution in [2.45, 2.75) is 33.3 Å². The first-order chi connectivity index (χ1) is 13.7. The quantitative estimate of drug-likeness (QED) is 0.634. The number of amides is 1. The highest BCUT2D eigenvalue weighted by atomic mass is 32.2. The molecule has 0 aliphatic rings. The molecule has 0 atom stereocenters. The number of carbonyl (C=O) groups is 1. The number of hydrogen-bond donors (Lipinski definition) is 1. The highest BCUT2D eigenvalue weighted by Gasteiger charge is 2.21. The molecule has 0 fully saturated rings. The summed E-state index contributed by atoms with van der Waals surface area (Å²) in [5.41, 5.74) is 0.924. The molecule has 158 valence electrons. The molecule has 29 heavy (non-hydrogen) atoms. The second-order valence-corrected chi connectivity index (χ2v) is 8.76. The average molecular weight is 421 g/mol. The Morgan fingerprint density at radius 2 is 1.79 bits per heavy atom. The Bertz CT molecular complexity index is 911. The Kier molecular flexibility index (Phi) is 7.90. The molecule has 1 N–H and O–H groups in total. The van der Waals surface area contributed by atoms with Crippen molar-refractivity contribution in [3.8, 4) is 11.5 Å². The summed E-state index contributed by atoms with van der Waals surface area (Å²) in [5, 5.41) is 2.72. The normalized spacial score (nSPS) is 11.2. The lowest BCUT2D eigenvalue weighted by Gasteiger charge is -2.22. The topological polar surface area (TPSA) is 84.9 Å². The van der Waals surface area contributed by atoms with Gasteiger partial charge in [-0.3, -0.25) is 9.10 Å². The zero-order valence-corrected chi connectivity index (χ0v) is 18.0. The second-order valence-electron chi connectivity index (χ2n) is 6.85. The van der Waals surface area contributed by atoms with Crippen LogP contribution in [0.1, 0.15) is 27.2 Å². The Hall–Kier alpha value is -2.74. The van der Waals surface area contributed by atoms with Gasteiger partial charge in [0.05, 0.1) is 24.7 Å². The number of hydrogen-bond acceptors (Lipinski definition) is 5. The van der Waals surface area contributed by atoms with Crippen molar-refractivity contribution in [3.05, 3.63) is 48.5 Å². The molecular weight excluding hydrogens is 392 g/mol. The lowest BCUT2D eigenvalue weighted by molar-refractivity contribution is -0.114. The van der Waals surface area contributed by atoms with Crippen LogP contribution in [0.5, 0.6) is 11.5 Å². The van der Waals surface area contributed by atoms with Crippen LogP contribution in [-0.2, 0) is 14.8 Å². The van der Waals surface area contributed by atoms with E-state index < -0.39 is 15.9 Å². The minimum atomic E-state index is -3.65. The maximum Gasteiger partial charge on any atom is 0.245 e. The van der Waals surface area contributed by atoms with E-state index in [2.05, 4.69) is 5.32 Å². The third-order valence-electron chi connectivity index (χ3n) is 3.77. The van der Waals surface area contributed by atoms with Gasteiger partial charge in [-0.15, -0.1) is 0 Å². The van der Waals surface area contributed by atoms with E-state index in [-0.39, 0.29) is 12.6 Å². The maximum atomic E-state index is 12.5. The van der Waals surface area contributed by atoms with Gasteiger partial charge in [0.2, 0.25) is 15.9 Å². The van der Waals surface area contributed by atoms with Gasteiger partial charge in [-0.1, -0.05) is 13.0 Å². The number of anilines is 2. The molecule has 0 aliphatic carbocycles. The predicted octanol–water partition coefficient (Wildman–Crippen LogP) is 3.67. The fourth-order valence-electron chi connectivity index (χ4n) is 2.58. The zero-order chi connectivity index (χ0) is 21.4. The van der Waals surface area contributed by atoms with Crippen LogP contribution < -0.4 is 19.1 Å². The summed E-state index contributed by atoms with van der Waals surface area (Å²) < 4.78 is 36.7. The highest BCUT2D eigenvalue weighted by molar-refractivity contribution is 7.92. The molecule has 0 saturated heterocycles. The lowest BCUT2D eigenvalue weighted by atomic mass is 10.3. The van der Waals surface area contributed by atoms with Crippen molar-refractivity contribution in [2.75, 3.05) is 29.0 Å². The molecule has 0 aliphatic heterocycles. The number of ether oxygens (including phenoxy) is 2. The molecule has 0 bridgehead atoms. The summed E-state index contributed by atoms with van der Waals surface area (Å²) >= 11 is 0. The zero-order valence-electron chi connectivity index (χ0n) is 17.2. The number of nitrogens with zero attached hydrogens (tertiary/aromatic N) is 1. The van der Waals surface area contributed by atoms with E-state index in [1.54, 1.807) is 48.5 Å². The van der Waals surface area contributed by atoms with Crippen molar-refractivity contribution in [2.24, 2.45) is 0 Å². The lowest BCUT2D eigenvalue weighted by Crippen LogP contribution is -2.37. The Morgan fingerprint density at radius 1 is 1.10 bits per heavy atom. The van der Waals surface area contributed by atoms with Gasteiger partial charge in [0.15, 0.2) is 0 Å². The molecular formula is C21H28N2O5S. The van der Waals surface area contributed by atoms with Gasteiger partial charge in [0.1, 0.15) is 18.0 Å². The summed E-state index contributed by atoms with van der Waals surface area (Å²) in [7, 11) is -3.65. The molecule has 2 aromatic carbocycles. The van der Waals surface area contributed by atoms with E-state index in [0.29, 0.717) is 29.5 Å². The molecule has 0 unspecified atom stereocenters. The second kappa shape index (κ2) is 10.2. The van der Waals surface area contributed by atoms with Gasteiger partial charge in [-0.25, -0.2) is 8.42 Å². The van der Waals surface area contributed by atoms with Crippen molar-refractivity contribution in [1.29, 1.82) is 0 Å². The van der Waals surface area contributed by atoms with Crippen molar-refractivity contribution in [1.82, 2.24) is 0 Å². The van der Waals surface area contributed by atoms with Crippen molar-refractivity contribution >= 4 is 27.3 Å². The number of nitrogens with one attached hydrogen (secondary N) is 1. The molecule has 8 heteroatoms. The van der Waals surface area contributed by atoms with E-state index in [1.165, 1.54) is 0 Å². The standard InChI is InChI=1S/C21H28N2O5S/c1-5-13-27-19-11-9-18(10-12-19)23(29(4,25)26)15-21(24)22-17-7-6-8-20(14-17)28-16(2)3/h6-12,14,16H,5,13,15H2,1-4H3,(H,22,24). The van der Waals surface area contributed by atoms with Crippen molar-refractivity contribution in [3.63, 3.8) is 0 Å².